The third kappa shape index (κ3) is 4.01. The van der Waals surface area contributed by atoms with E-state index in [0.29, 0.717) is 11.7 Å². The SMILES string of the molecule is CCCC[C@H](N)c1nc(C2CN(CCC)CCO2)no1. The summed E-state index contributed by atoms with van der Waals surface area (Å²) < 4.78 is 11.0. The van der Waals surface area contributed by atoms with Gasteiger partial charge in [0.15, 0.2) is 0 Å². The molecule has 0 saturated carbocycles. The number of hydrogen-bond donors (Lipinski definition) is 1. The zero-order valence-electron chi connectivity index (χ0n) is 12.5. The number of ether oxygens (including phenoxy) is 1. The van der Waals surface area contributed by atoms with Gasteiger partial charge in [-0.2, -0.15) is 4.98 Å². The molecule has 114 valence electrons. The van der Waals surface area contributed by atoms with Crippen molar-refractivity contribution < 1.29 is 9.26 Å². The Bertz CT molecular complexity index is 394. The summed E-state index contributed by atoms with van der Waals surface area (Å²) in [4.78, 5) is 6.80. The van der Waals surface area contributed by atoms with Crippen LogP contribution in [0.2, 0.25) is 0 Å². The van der Waals surface area contributed by atoms with Gasteiger partial charge in [-0.25, -0.2) is 0 Å². The molecule has 1 aromatic heterocycles. The summed E-state index contributed by atoms with van der Waals surface area (Å²) in [5.41, 5.74) is 6.05. The van der Waals surface area contributed by atoms with Gasteiger partial charge in [0.05, 0.1) is 12.6 Å². The third-order valence-electron chi connectivity index (χ3n) is 3.62. The number of nitrogens with two attached hydrogens (primary N) is 1. The molecule has 1 fully saturated rings. The van der Waals surface area contributed by atoms with Crippen LogP contribution in [0.1, 0.15) is 63.4 Å². The fourth-order valence-electron chi connectivity index (χ4n) is 2.45. The Hall–Kier alpha value is -0.980. The van der Waals surface area contributed by atoms with E-state index in [-0.39, 0.29) is 12.1 Å². The highest BCUT2D eigenvalue weighted by molar-refractivity contribution is 4.97. The Morgan fingerprint density at radius 3 is 3.00 bits per heavy atom. The number of unbranched alkanes of at least 4 members (excludes halogenated alkanes) is 1. The molecule has 1 aliphatic rings. The Labute approximate surface area is 120 Å². The first-order valence-electron chi connectivity index (χ1n) is 7.67. The van der Waals surface area contributed by atoms with E-state index in [4.69, 9.17) is 15.0 Å². The summed E-state index contributed by atoms with van der Waals surface area (Å²) in [5.74, 6) is 1.16. The molecule has 0 bridgehead atoms. The Morgan fingerprint density at radius 2 is 2.25 bits per heavy atom. The minimum atomic E-state index is -0.161. The summed E-state index contributed by atoms with van der Waals surface area (Å²) in [5, 5.41) is 4.05. The maximum absolute atomic E-state index is 6.05. The molecule has 1 aromatic rings. The van der Waals surface area contributed by atoms with Crippen LogP contribution in [0, 0.1) is 0 Å². The molecule has 1 unspecified atom stereocenters. The largest absolute Gasteiger partial charge is 0.367 e. The summed E-state index contributed by atoms with van der Waals surface area (Å²) in [7, 11) is 0. The van der Waals surface area contributed by atoms with Gasteiger partial charge >= 0.3 is 0 Å². The normalized spacial score (nSPS) is 22.1. The standard InChI is InChI=1S/C14H26N4O2/c1-3-5-6-11(15)14-16-13(17-20-14)12-10-18(7-4-2)8-9-19-12/h11-12H,3-10,15H2,1-2H3/t11-,12?/m0/s1. The molecule has 0 radical (unpaired) electrons. The zero-order valence-corrected chi connectivity index (χ0v) is 12.5. The molecule has 2 N–H and O–H groups in total. The smallest absolute Gasteiger partial charge is 0.243 e. The lowest BCUT2D eigenvalue weighted by atomic mass is 10.1. The molecule has 0 aliphatic carbocycles. The lowest BCUT2D eigenvalue weighted by molar-refractivity contribution is -0.0350. The molecule has 1 saturated heterocycles. The van der Waals surface area contributed by atoms with Gasteiger partial charge in [0.2, 0.25) is 11.7 Å². The third-order valence-corrected chi connectivity index (χ3v) is 3.62. The van der Waals surface area contributed by atoms with Crippen molar-refractivity contribution in [2.45, 2.75) is 51.7 Å². The van der Waals surface area contributed by atoms with Crippen LogP contribution in [0.15, 0.2) is 4.52 Å². The fraction of sp³-hybridized carbons (Fsp3) is 0.857. The van der Waals surface area contributed by atoms with Gasteiger partial charge < -0.3 is 15.0 Å². The number of morpholine rings is 1. The highest BCUT2D eigenvalue weighted by Crippen LogP contribution is 2.22. The Morgan fingerprint density at radius 1 is 1.40 bits per heavy atom. The van der Waals surface area contributed by atoms with Crippen molar-refractivity contribution in [2.24, 2.45) is 5.73 Å². The van der Waals surface area contributed by atoms with Crippen LogP contribution < -0.4 is 5.73 Å². The molecule has 20 heavy (non-hydrogen) atoms. The Kier molecular flexibility index (Phi) is 5.94. The molecule has 2 atom stereocenters. The summed E-state index contributed by atoms with van der Waals surface area (Å²) in [6.45, 7) is 7.94. The summed E-state index contributed by atoms with van der Waals surface area (Å²) >= 11 is 0. The second-order valence-electron chi connectivity index (χ2n) is 5.40. The predicted molar refractivity (Wildman–Crippen MR) is 76.2 cm³/mol. The minimum absolute atomic E-state index is 0.0915. The minimum Gasteiger partial charge on any atom is -0.367 e. The van der Waals surface area contributed by atoms with Crippen LogP contribution in [0.25, 0.3) is 0 Å². The van der Waals surface area contributed by atoms with Crippen molar-refractivity contribution in [1.29, 1.82) is 0 Å². The second-order valence-corrected chi connectivity index (χ2v) is 5.40. The van der Waals surface area contributed by atoms with Crippen LogP contribution in [0.4, 0.5) is 0 Å². The molecule has 6 nitrogen and oxygen atoms in total. The zero-order chi connectivity index (χ0) is 14.4. The van der Waals surface area contributed by atoms with Crippen LogP contribution >= 0.6 is 0 Å². The van der Waals surface area contributed by atoms with Gasteiger partial charge in [-0.05, 0) is 19.4 Å². The predicted octanol–water partition coefficient (Wildman–Crippen LogP) is 2.04. The monoisotopic (exact) mass is 282 g/mol. The van der Waals surface area contributed by atoms with E-state index in [9.17, 15) is 0 Å². The average molecular weight is 282 g/mol. The van der Waals surface area contributed by atoms with E-state index in [1.807, 2.05) is 0 Å². The second kappa shape index (κ2) is 7.71. The topological polar surface area (TPSA) is 77.4 Å². The molecular weight excluding hydrogens is 256 g/mol. The maximum atomic E-state index is 6.05. The highest BCUT2D eigenvalue weighted by Gasteiger charge is 2.26. The fourth-order valence-corrected chi connectivity index (χ4v) is 2.45. The van der Waals surface area contributed by atoms with E-state index < -0.39 is 0 Å². The highest BCUT2D eigenvalue weighted by atomic mass is 16.5. The van der Waals surface area contributed by atoms with E-state index >= 15 is 0 Å². The van der Waals surface area contributed by atoms with Crippen molar-refractivity contribution in [3.8, 4) is 0 Å². The van der Waals surface area contributed by atoms with Gasteiger partial charge in [-0.3, -0.25) is 4.90 Å². The quantitative estimate of drug-likeness (QED) is 0.824. The van der Waals surface area contributed by atoms with Crippen molar-refractivity contribution in [3.63, 3.8) is 0 Å². The van der Waals surface area contributed by atoms with Gasteiger partial charge in [-0.15, -0.1) is 0 Å². The van der Waals surface area contributed by atoms with E-state index in [2.05, 4.69) is 28.9 Å². The van der Waals surface area contributed by atoms with E-state index in [0.717, 1.165) is 51.9 Å². The molecule has 2 rings (SSSR count). The van der Waals surface area contributed by atoms with Gasteiger partial charge in [-0.1, -0.05) is 31.8 Å². The summed E-state index contributed by atoms with van der Waals surface area (Å²) in [6.07, 6.45) is 4.12. The first kappa shape index (κ1) is 15.4. The number of aromatic nitrogens is 2. The number of hydrogen-bond acceptors (Lipinski definition) is 6. The number of nitrogens with zero attached hydrogens (tertiary/aromatic N) is 3. The van der Waals surface area contributed by atoms with Crippen LogP contribution in [-0.4, -0.2) is 41.3 Å². The van der Waals surface area contributed by atoms with Crippen molar-refractivity contribution in [2.75, 3.05) is 26.2 Å². The lowest BCUT2D eigenvalue weighted by Gasteiger charge is -2.30. The summed E-state index contributed by atoms with van der Waals surface area (Å²) in [6, 6.07) is -0.161. The van der Waals surface area contributed by atoms with Crippen molar-refractivity contribution in [1.82, 2.24) is 15.0 Å². The molecule has 2 heterocycles. The van der Waals surface area contributed by atoms with E-state index in [1.54, 1.807) is 0 Å². The van der Waals surface area contributed by atoms with Gasteiger partial charge in [0.25, 0.3) is 0 Å². The van der Waals surface area contributed by atoms with Crippen LogP contribution in [0.3, 0.4) is 0 Å². The molecule has 0 aromatic carbocycles. The van der Waals surface area contributed by atoms with Gasteiger partial charge in [0.1, 0.15) is 6.10 Å². The maximum Gasteiger partial charge on any atom is 0.243 e. The molecule has 0 amide bonds. The average Bonchev–Trinajstić information content (AvgIpc) is 2.95. The lowest BCUT2D eigenvalue weighted by Crippen LogP contribution is -2.39. The molecule has 1 aliphatic heterocycles. The molecule has 0 spiro atoms. The van der Waals surface area contributed by atoms with Crippen molar-refractivity contribution in [3.05, 3.63) is 11.7 Å². The van der Waals surface area contributed by atoms with Gasteiger partial charge in [0, 0.05) is 13.1 Å². The number of rotatable bonds is 7. The first-order chi connectivity index (χ1) is 9.74. The van der Waals surface area contributed by atoms with E-state index in [1.165, 1.54) is 0 Å². The van der Waals surface area contributed by atoms with Crippen LogP contribution in [-0.2, 0) is 4.74 Å². The molecular formula is C14H26N4O2. The first-order valence-corrected chi connectivity index (χ1v) is 7.67. The van der Waals surface area contributed by atoms with Crippen LogP contribution in [0.5, 0.6) is 0 Å². The molecule has 6 heteroatoms. The Balaban J connectivity index is 1.93. The van der Waals surface area contributed by atoms with Crippen molar-refractivity contribution >= 4 is 0 Å².